The Kier molecular flexibility index (Phi) is 2.99. The van der Waals surface area contributed by atoms with Gasteiger partial charge in [-0.2, -0.15) is 0 Å². The van der Waals surface area contributed by atoms with E-state index >= 15 is 0 Å². The van der Waals surface area contributed by atoms with Crippen molar-refractivity contribution < 1.29 is 4.74 Å². The Labute approximate surface area is 90.6 Å². The van der Waals surface area contributed by atoms with Crippen LogP contribution in [0.2, 0.25) is 0 Å². The van der Waals surface area contributed by atoms with Crippen molar-refractivity contribution in [1.82, 2.24) is 0 Å². The third-order valence-electron chi connectivity index (χ3n) is 2.94. The van der Waals surface area contributed by atoms with E-state index in [9.17, 15) is 0 Å². The third-order valence-corrected chi connectivity index (χ3v) is 2.94. The molecule has 0 spiro atoms. The van der Waals surface area contributed by atoms with E-state index in [-0.39, 0.29) is 0 Å². The van der Waals surface area contributed by atoms with Gasteiger partial charge in [-0.15, -0.1) is 0 Å². The molecule has 3 heteroatoms. The van der Waals surface area contributed by atoms with Crippen LogP contribution in [0.1, 0.15) is 25.7 Å². The summed E-state index contributed by atoms with van der Waals surface area (Å²) < 4.78 is 5.29. The number of hydrogen-bond acceptors (Lipinski definition) is 3. The number of benzene rings is 1. The Morgan fingerprint density at radius 1 is 1.33 bits per heavy atom. The Hall–Kier alpha value is -1.38. The highest BCUT2D eigenvalue weighted by atomic mass is 16.5. The third kappa shape index (κ3) is 2.35. The lowest BCUT2D eigenvalue weighted by atomic mass is 10.2. The topological polar surface area (TPSA) is 47.3 Å². The molecule has 1 fully saturated rings. The normalized spacial score (nSPS) is 16.6. The second-order valence-electron chi connectivity index (χ2n) is 4.09. The summed E-state index contributed by atoms with van der Waals surface area (Å²) in [5, 5.41) is 3.50. The number of anilines is 2. The number of hydrogen-bond donors (Lipinski definition) is 2. The highest BCUT2D eigenvalue weighted by Gasteiger charge is 2.16. The Balaban J connectivity index is 2.14. The molecule has 2 rings (SSSR count). The molecule has 0 atom stereocenters. The molecule has 15 heavy (non-hydrogen) atoms. The molecule has 1 saturated carbocycles. The summed E-state index contributed by atoms with van der Waals surface area (Å²) in [4.78, 5) is 0. The van der Waals surface area contributed by atoms with Crippen molar-refractivity contribution >= 4 is 11.4 Å². The minimum absolute atomic E-state index is 0.584. The van der Waals surface area contributed by atoms with Gasteiger partial charge >= 0.3 is 0 Å². The van der Waals surface area contributed by atoms with Gasteiger partial charge in [-0.1, -0.05) is 12.8 Å². The van der Waals surface area contributed by atoms with Crippen LogP contribution in [0.4, 0.5) is 11.4 Å². The molecule has 0 amide bonds. The average molecular weight is 206 g/mol. The number of methoxy groups -OCH3 is 1. The molecule has 82 valence electrons. The molecule has 0 radical (unpaired) electrons. The number of nitrogen functional groups attached to an aromatic ring is 1. The van der Waals surface area contributed by atoms with Gasteiger partial charge in [0.2, 0.25) is 0 Å². The first-order valence-electron chi connectivity index (χ1n) is 5.49. The summed E-state index contributed by atoms with van der Waals surface area (Å²) in [6.45, 7) is 0. The van der Waals surface area contributed by atoms with Gasteiger partial charge in [0, 0.05) is 11.7 Å². The smallest absolute Gasteiger partial charge is 0.142 e. The van der Waals surface area contributed by atoms with Crippen LogP contribution in [0.15, 0.2) is 18.2 Å². The zero-order chi connectivity index (χ0) is 10.7. The monoisotopic (exact) mass is 206 g/mol. The first-order chi connectivity index (χ1) is 7.29. The molecule has 3 nitrogen and oxygen atoms in total. The molecule has 1 aliphatic rings. The molecule has 0 aromatic heterocycles. The Bertz CT molecular complexity index is 332. The van der Waals surface area contributed by atoms with E-state index in [2.05, 4.69) is 5.32 Å². The molecule has 1 aromatic carbocycles. The van der Waals surface area contributed by atoms with Crippen LogP contribution in [0.5, 0.6) is 5.75 Å². The van der Waals surface area contributed by atoms with Gasteiger partial charge in [0.1, 0.15) is 5.75 Å². The summed E-state index contributed by atoms with van der Waals surface area (Å²) in [7, 11) is 1.69. The van der Waals surface area contributed by atoms with Crippen molar-refractivity contribution in [2.24, 2.45) is 0 Å². The number of nitrogens with two attached hydrogens (primary N) is 1. The quantitative estimate of drug-likeness (QED) is 0.747. The zero-order valence-corrected chi connectivity index (χ0v) is 9.12. The van der Waals surface area contributed by atoms with Crippen LogP contribution < -0.4 is 15.8 Å². The lowest BCUT2D eigenvalue weighted by molar-refractivity contribution is 0.416. The average Bonchev–Trinajstić information content (AvgIpc) is 2.71. The largest absolute Gasteiger partial charge is 0.495 e. The second kappa shape index (κ2) is 4.43. The van der Waals surface area contributed by atoms with Crippen LogP contribution >= 0.6 is 0 Å². The maximum absolute atomic E-state index is 5.76. The van der Waals surface area contributed by atoms with Crippen molar-refractivity contribution in [3.05, 3.63) is 18.2 Å². The molecular formula is C12H18N2O. The predicted octanol–water partition coefficient (Wildman–Crippen LogP) is 2.63. The van der Waals surface area contributed by atoms with Gasteiger partial charge in [-0.25, -0.2) is 0 Å². The first-order valence-corrected chi connectivity index (χ1v) is 5.49. The molecule has 0 bridgehead atoms. The molecule has 0 unspecified atom stereocenters. The maximum atomic E-state index is 5.76. The summed E-state index contributed by atoms with van der Waals surface area (Å²) in [6, 6.07) is 6.29. The molecule has 0 aliphatic heterocycles. The maximum Gasteiger partial charge on any atom is 0.142 e. The van der Waals surface area contributed by atoms with E-state index in [4.69, 9.17) is 10.5 Å². The summed E-state index contributed by atoms with van der Waals surface area (Å²) in [5.74, 6) is 0.871. The van der Waals surface area contributed by atoms with E-state index in [1.807, 2.05) is 18.2 Å². The fraction of sp³-hybridized carbons (Fsp3) is 0.500. The van der Waals surface area contributed by atoms with Crippen LogP contribution in [0.25, 0.3) is 0 Å². The number of ether oxygens (including phenoxy) is 1. The Morgan fingerprint density at radius 3 is 2.73 bits per heavy atom. The molecule has 0 saturated heterocycles. The first kappa shape index (κ1) is 10.1. The predicted molar refractivity (Wildman–Crippen MR) is 63.3 cm³/mol. The summed E-state index contributed by atoms with van der Waals surface area (Å²) >= 11 is 0. The second-order valence-corrected chi connectivity index (χ2v) is 4.09. The van der Waals surface area contributed by atoms with Gasteiger partial charge in [-0.05, 0) is 31.0 Å². The van der Waals surface area contributed by atoms with Crippen LogP contribution in [-0.4, -0.2) is 13.2 Å². The van der Waals surface area contributed by atoms with E-state index in [1.54, 1.807) is 7.11 Å². The van der Waals surface area contributed by atoms with Crippen LogP contribution in [-0.2, 0) is 0 Å². The van der Waals surface area contributed by atoms with Gasteiger partial charge in [0.15, 0.2) is 0 Å². The molecule has 1 aromatic rings. The van der Waals surface area contributed by atoms with Crippen molar-refractivity contribution in [2.75, 3.05) is 18.2 Å². The van der Waals surface area contributed by atoms with Gasteiger partial charge in [-0.3, -0.25) is 0 Å². The van der Waals surface area contributed by atoms with Gasteiger partial charge in [0.05, 0.1) is 12.8 Å². The molecule has 1 aliphatic carbocycles. The highest BCUT2D eigenvalue weighted by molar-refractivity contribution is 5.63. The van der Waals surface area contributed by atoms with Gasteiger partial charge in [0.25, 0.3) is 0 Å². The summed E-state index contributed by atoms with van der Waals surface area (Å²) in [5.41, 5.74) is 7.55. The summed E-state index contributed by atoms with van der Waals surface area (Å²) in [6.07, 6.45) is 5.14. The van der Waals surface area contributed by atoms with Crippen molar-refractivity contribution in [3.63, 3.8) is 0 Å². The molecule has 0 heterocycles. The zero-order valence-electron chi connectivity index (χ0n) is 9.12. The van der Waals surface area contributed by atoms with E-state index in [0.717, 1.165) is 17.1 Å². The van der Waals surface area contributed by atoms with Gasteiger partial charge < -0.3 is 15.8 Å². The highest BCUT2D eigenvalue weighted by Crippen LogP contribution is 2.30. The Morgan fingerprint density at radius 2 is 2.07 bits per heavy atom. The van der Waals surface area contributed by atoms with Crippen LogP contribution in [0, 0.1) is 0 Å². The minimum Gasteiger partial charge on any atom is -0.495 e. The lowest BCUT2D eigenvalue weighted by Crippen LogP contribution is -2.15. The molecular weight excluding hydrogens is 188 g/mol. The van der Waals surface area contributed by atoms with E-state index in [0.29, 0.717) is 6.04 Å². The van der Waals surface area contributed by atoms with E-state index < -0.39 is 0 Å². The SMILES string of the molecule is COc1ccc(N)cc1NC1CCCC1. The number of rotatable bonds is 3. The molecule has 3 N–H and O–H groups in total. The fourth-order valence-corrected chi connectivity index (χ4v) is 2.13. The van der Waals surface area contributed by atoms with Crippen molar-refractivity contribution in [3.8, 4) is 5.75 Å². The minimum atomic E-state index is 0.584. The van der Waals surface area contributed by atoms with E-state index in [1.165, 1.54) is 25.7 Å². The lowest BCUT2D eigenvalue weighted by Gasteiger charge is -2.16. The number of nitrogens with one attached hydrogen (secondary N) is 1. The van der Waals surface area contributed by atoms with Crippen molar-refractivity contribution in [2.45, 2.75) is 31.7 Å². The fourth-order valence-electron chi connectivity index (χ4n) is 2.13. The van der Waals surface area contributed by atoms with Crippen LogP contribution in [0.3, 0.4) is 0 Å². The van der Waals surface area contributed by atoms with Crippen molar-refractivity contribution in [1.29, 1.82) is 0 Å². The standard InChI is InChI=1S/C12H18N2O/c1-15-12-7-6-9(13)8-11(12)14-10-4-2-3-5-10/h6-8,10,14H,2-5,13H2,1H3.